The molecule has 0 bridgehead atoms. The highest BCUT2D eigenvalue weighted by atomic mass is 127. The van der Waals surface area contributed by atoms with Gasteiger partial charge < -0.3 is 5.32 Å². The fourth-order valence-corrected chi connectivity index (χ4v) is 2.08. The van der Waals surface area contributed by atoms with Gasteiger partial charge in [-0.15, -0.1) is 0 Å². The van der Waals surface area contributed by atoms with Gasteiger partial charge in [-0.05, 0) is 19.3 Å². The summed E-state index contributed by atoms with van der Waals surface area (Å²) in [6.45, 7) is 4.22. The second kappa shape index (κ2) is 5.80. The Hall–Kier alpha value is 0.160. The van der Waals surface area contributed by atoms with Gasteiger partial charge >= 0.3 is 0 Å². The number of rotatable bonds is 3. The van der Waals surface area contributed by atoms with Crippen LogP contribution in [0.4, 0.5) is 0 Å². The van der Waals surface area contributed by atoms with Crippen LogP contribution in [0.3, 0.4) is 0 Å². The monoisotopic (exact) mass is 296 g/mol. The summed E-state index contributed by atoms with van der Waals surface area (Å²) in [5, 5.41) is 3.07. The first-order valence-electron chi connectivity index (χ1n) is 4.92. The lowest BCUT2D eigenvalue weighted by Crippen LogP contribution is -2.41. The summed E-state index contributed by atoms with van der Waals surface area (Å²) in [6.07, 6.45) is 3.80. The van der Waals surface area contributed by atoms with E-state index >= 15 is 0 Å². The van der Waals surface area contributed by atoms with Crippen LogP contribution < -0.4 is 5.32 Å². The fourth-order valence-electron chi connectivity index (χ4n) is 1.52. The van der Waals surface area contributed by atoms with Crippen molar-refractivity contribution in [3.05, 3.63) is 0 Å². The molecule has 0 aromatic carbocycles. The highest BCUT2D eigenvalue weighted by Gasteiger charge is 2.18. The lowest BCUT2D eigenvalue weighted by Gasteiger charge is -2.28. The van der Waals surface area contributed by atoms with Gasteiger partial charge in [0.25, 0.3) is 0 Å². The average molecular weight is 296 g/mol. The molecule has 1 saturated heterocycles. The van der Waals surface area contributed by atoms with Crippen molar-refractivity contribution in [2.45, 2.75) is 38.6 Å². The smallest absolute Gasteiger partial charge is 0.220 e. The van der Waals surface area contributed by atoms with Gasteiger partial charge in [0, 0.05) is 48.4 Å². The molecule has 3 nitrogen and oxygen atoms in total. The zero-order valence-corrected chi connectivity index (χ0v) is 10.2. The maximum atomic E-state index is 11.3. The van der Waals surface area contributed by atoms with E-state index in [4.69, 9.17) is 0 Å². The Morgan fingerprint density at radius 1 is 1.54 bits per heavy atom. The minimum absolute atomic E-state index is 0.217. The predicted molar refractivity (Wildman–Crippen MR) is 61.7 cm³/mol. The molecule has 0 aromatic rings. The number of nitrogens with one attached hydrogen (secondary N) is 1. The number of piperidine rings is 1. The second-order valence-electron chi connectivity index (χ2n) is 3.50. The standard InChI is InChI=1S/C9H17IN2O/c1-2-3-9(13)11-8-4-6-12(10)7-5-8/h8H,2-7H2,1H3,(H,11,13). The third kappa shape index (κ3) is 4.26. The SMILES string of the molecule is CCCC(=O)NC1CCN(I)CC1. The third-order valence-electron chi connectivity index (χ3n) is 2.28. The second-order valence-corrected chi connectivity index (χ2v) is 4.87. The van der Waals surface area contributed by atoms with Gasteiger partial charge in [-0.25, -0.2) is 3.11 Å². The molecule has 1 heterocycles. The molecule has 1 aliphatic rings. The molecular formula is C9H17IN2O. The van der Waals surface area contributed by atoms with Crippen LogP contribution in [-0.2, 0) is 4.79 Å². The molecule has 0 unspecified atom stereocenters. The van der Waals surface area contributed by atoms with Crippen LogP contribution in [0, 0.1) is 0 Å². The number of hydrogen-bond donors (Lipinski definition) is 1. The molecule has 1 rings (SSSR count). The number of nitrogens with zero attached hydrogens (tertiary/aromatic N) is 1. The average Bonchev–Trinajstić information content (AvgIpc) is 2.09. The zero-order valence-electron chi connectivity index (χ0n) is 8.05. The van der Waals surface area contributed by atoms with Crippen LogP contribution in [0.25, 0.3) is 0 Å². The van der Waals surface area contributed by atoms with Gasteiger partial charge in [0.15, 0.2) is 0 Å². The Labute approximate surface area is 93.7 Å². The molecule has 0 spiro atoms. The lowest BCUT2D eigenvalue weighted by molar-refractivity contribution is -0.122. The molecule has 1 fully saturated rings. The quantitative estimate of drug-likeness (QED) is 0.635. The first-order chi connectivity index (χ1) is 6.22. The summed E-state index contributed by atoms with van der Waals surface area (Å²) in [7, 11) is 0. The Morgan fingerprint density at radius 2 is 2.15 bits per heavy atom. The van der Waals surface area contributed by atoms with Crippen molar-refractivity contribution in [3.8, 4) is 0 Å². The van der Waals surface area contributed by atoms with Gasteiger partial charge in [-0.3, -0.25) is 4.79 Å². The molecular weight excluding hydrogens is 279 g/mol. The van der Waals surface area contributed by atoms with Crippen molar-refractivity contribution >= 4 is 28.8 Å². The van der Waals surface area contributed by atoms with E-state index in [2.05, 4.69) is 31.3 Å². The first-order valence-corrected chi connectivity index (χ1v) is 5.89. The van der Waals surface area contributed by atoms with E-state index in [0.29, 0.717) is 12.5 Å². The van der Waals surface area contributed by atoms with Crippen molar-refractivity contribution in [2.75, 3.05) is 13.1 Å². The topological polar surface area (TPSA) is 32.3 Å². The van der Waals surface area contributed by atoms with E-state index in [1.165, 1.54) is 0 Å². The molecule has 13 heavy (non-hydrogen) atoms. The molecule has 1 N–H and O–H groups in total. The Bertz CT molecular complexity index is 167. The van der Waals surface area contributed by atoms with Crippen molar-refractivity contribution in [1.29, 1.82) is 0 Å². The van der Waals surface area contributed by atoms with E-state index in [9.17, 15) is 4.79 Å². The fraction of sp³-hybridized carbons (Fsp3) is 0.889. The van der Waals surface area contributed by atoms with E-state index in [1.807, 2.05) is 6.92 Å². The van der Waals surface area contributed by atoms with Gasteiger partial charge in [-0.2, -0.15) is 0 Å². The van der Waals surface area contributed by atoms with Crippen molar-refractivity contribution in [2.24, 2.45) is 0 Å². The largest absolute Gasteiger partial charge is 0.353 e. The number of hydrogen-bond acceptors (Lipinski definition) is 2. The molecule has 76 valence electrons. The number of halogens is 1. The number of amides is 1. The van der Waals surface area contributed by atoms with Crippen LogP contribution in [0.2, 0.25) is 0 Å². The molecule has 1 aliphatic heterocycles. The van der Waals surface area contributed by atoms with Crippen molar-refractivity contribution in [3.63, 3.8) is 0 Å². The van der Waals surface area contributed by atoms with Crippen molar-refractivity contribution in [1.82, 2.24) is 8.43 Å². The predicted octanol–water partition coefficient (Wildman–Crippen LogP) is 1.72. The summed E-state index contributed by atoms with van der Waals surface area (Å²) in [5.74, 6) is 0.217. The maximum Gasteiger partial charge on any atom is 0.220 e. The van der Waals surface area contributed by atoms with Crippen LogP contribution in [-0.4, -0.2) is 28.2 Å². The minimum Gasteiger partial charge on any atom is -0.353 e. The molecule has 1 amide bonds. The van der Waals surface area contributed by atoms with Gasteiger partial charge in [0.2, 0.25) is 5.91 Å². The van der Waals surface area contributed by atoms with Crippen LogP contribution in [0.5, 0.6) is 0 Å². The normalized spacial score (nSPS) is 20.2. The highest BCUT2D eigenvalue weighted by Crippen LogP contribution is 2.13. The summed E-state index contributed by atoms with van der Waals surface area (Å²) in [5.41, 5.74) is 0. The first kappa shape index (κ1) is 11.2. The van der Waals surface area contributed by atoms with Gasteiger partial charge in [-0.1, -0.05) is 6.92 Å². The Balaban J connectivity index is 2.18. The Morgan fingerprint density at radius 3 is 2.69 bits per heavy atom. The van der Waals surface area contributed by atoms with Gasteiger partial charge in [0.1, 0.15) is 0 Å². The maximum absolute atomic E-state index is 11.3. The summed E-state index contributed by atoms with van der Waals surface area (Å²) in [4.78, 5) is 11.3. The van der Waals surface area contributed by atoms with Crippen LogP contribution in [0.15, 0.2) is 0 Å². The lowest BCUT2D eigenvalue weighted by atomic mass is 10.1. The Kier molecular flexibility index (Phi) is 5.01. The summed E-state index contributed by atoms with van der Waals surface area (Å²) < 4.78 is 2.28. The molecule has 0 radical (unpaired) electrons. The molecule has 0 aliphatic carbocycles. The van der Waals surface area contributed by atoms with Crippen LogP contribution in [0.1, 0.15) is 32.6 Å². The summed E-state index contributed by atoms with van der Waals surface area (Å²) in [6, 6.07) is 0.421. The van der Waals surface area contributed by atoms with Gasteiger partial charge in [0.05, 0.1) is 0 Å². The van der Waals surface area contributed by atoms with E-state index in [0.717, 1.165) is 32.4 Å². The van der Waals surface area contributed by atoms with E-state index < -0.39 is 0 Å². The number of carbonyl (C=O) groups excluding carboxylic acids is 1. The summed E-state index contributed by atoms with van der Waals surface area (Å²) >= 11 is 2.34. The minimum atomic E-state index is 0.217. The zero-order chi connectivity index (χ0) is 9.68. The number of carbonyl (C=O) groups is 1. The van der Waals surface area contributed by atoms with E-state index in [1.54, 1.807) is 0 Å². The molecule has 0 saturated carbocycles. The third-order valence-corrected chi connectivity index (χ3v) is 3.25. The molecule has 0 aromatic heterocycles. The van der Waals surface area contributed by atoms with Crippen LogP contribution >= 0.6 is 22.9 Å². The molecule has 4 heteroatoms. The van der Waals surface area contributed by atoms with E-state index in [-0.39, 0.29) is 5.91 Å². The highest BCUT2D eigenvalue weighted by molar-refractivity contribution is 14.1. The molecule has 0 atom stereocenters. The van der Waals surface area contributed by atoms with Crippen molar-refractivity contribution < 1.29 is 4.79 Å².